The predicted molar refractivity (Wildman–Crippen MR) is 250 cm³/mol. The highest BCUT2D eigenvalue weighted by Gasteiger charge is 2.37. The Labute approximate surface area is 368 Å². The summed E-state index contributed by atoms with van der Waals surface area (Å²) in [7, 11) is -4.28. The Kier molecular flexibility index (Phi) is 13.1. The summed E-state index contributed by atoms with van der Waals surface area (Å²) in [5, 5.41) is 16.0. The van der Waals surface area contributed by atoms with Crippen molar-refractivity contribution >= 4 is 55.6 Å². The van der Waals surface area contributed by atoms with Crippen molar-refractivity contribution in [2.45, 2.75) is 66.9 Å². The second-order valence-electron chi connectivity index (χ2n) is 16.8. The molecule has 0 atom stereocenters. The number of hydrogen-bond donors (Lipinski definition) is 2. The van der Waals surface area contributed by atoms with Gasteiger partial charge in [-0.25, -0.2) is 18.4 Å². The van der Waals surface area contributed by atoms with Crippen molar-refractivity contribution in [3.8, 4) is 11.1 Å². The third kappa shape index (κ3) is 10.4. The van der Waals surface area contributed by atoms with Crippen LogP contribution < -0.4 is 14.9 Å². The molecule has 8 rings (SSSR count). The van der Waals surface area contributed by atoms with Crippen molar-refractivity contribution in [3.05, 3.63) is 143 Å². The number of benzene rings is 5. The van der Waals surface area contributed by atoms with E-state index in [0.717, 1.165) is 68.6 Å². The lowest BCUT2D eigenvalue weighted by molar-refractivity contribution is -0.384. The van der Waals surface area contributed by atoms with Gasteiger partial charge in [0.05, 0.1) is 27.5 Å². The number of rotatable bonds is 17. The molecule has 2 aliphatic heterocycles. The van der Waals surface area contributed by atoms with Crippen LogP contribution in [0.25, 0.3) is 22.0 Å². The molecule has 1 aromatic heterocycles. The average molecular weight is 872 g/mol. The normalized spacial score (nSPS) is 15.7. The van der Waals surface area contributed by atoms with Crippen LogP contribution in [-0.2, 0) is 21.2 Å². The van der Waals surface area contributed by atoms with Crippen molar-refractivity contribution in [1.82, 2.24) is 14.9 Å². The fraction of sp³-hybridized carbons (Fsp3) is 0.333. The number of hydrogen-bond acceptors (Lipinski definition) is 11. The number of ether oxygens (including phenoxy) is 1. The number of sulfonamides is 1. The van der Waals surface area contributed by atoms with E-state index >= 15 is 0 Å². The Bertz CT molecular complexity index is 2600. The highest BCUT2D eigenvalue weighted by atomic mass is 32.2. The molecule has 0 bridgehead atoms. The van der Waals surface area contributed by atoms with Gasteiger partial charge in [0, 0.05) is 59.4 Å². The van der Waals surface area contributed by atoms with E-state index in [0.29, 0.717) is 23.3 Å². The molecule has 5 aromatic carbocycles. The van der Waals surface area contributed by atoms with Gasteiger partial charge < -0.3 is 19.9 Å². The molecule has 322 valence electrons. The SMILES string of the molecule is CC(C)(CSc1ccccc1)Nc1ccc(S(=O)(=O)Nc2ncnc3cc(N4CCC(Cc5ccccc5-c5ccccc5)(OCCN5CCCC5)CC4)ccc23)cc1[N+](=O)[O-]. The standard InChI is InChI=1S/C48H53N7O5S2/c1-47(2,34-61-39-16-7-4-8-17-39)51-43-22-20-40(32-45(43)55(56)57)62(58,59)52-46-42-21-19-38(31-44(42)49-35-50-46)54-27-23-48(24-28-54,60-30-29-53-25-11-12-26-53)33-37-15-9-10-18-41(37)36-13-5-3-6-14-36/h3-10,13-22,31-32,35,51H,11-12,23-30,33-34H2,1-2H3,(H,49,50,52). The molecular weight excluding hydrogens is 819 g/mol. The van der Waals surface area contributed by atoms with Crippen LogP contribution in [0.1, 0.15) is 45.1 Å². The average Bonchev–Trinajstić information content (AvgIpc) is 3.80. The zero-order valence-corrected chi connectivity index (χ0v) is 36.8. The lowest BCUT2D eigenvalue weighted by atomic mass is 9.82. The molecule has 14 heteroatoms. The van der Waals surface area contributed by atoms with E-state index in [-0.39, 0.29) is 27.7 Å². The minimum Gasteiger partial charge on any atom is -0.374 e. The molecule has 0 unspecified atom stereocenters. The monoisotopic (exact) mass is 871 g/mol. The maximum atomic E-state index is 13.8. The van der Waals surface area contributed by atoms with E-state index in [2.05, 4.69) is 78.3 Å². The molecule has 6 aromatic rings. The van der Waals surface area contributed by atoms with Crippen molar-refractivity contribution in [2.75, 3.05) is 60.0 Å². The fourth-order valence-electron chi connectivity index (χ4n) is 8.49. The summed E-state index contributed by atoms with van der Waals surface area (Å²) in [4.78, 5) is 26.2. The Balaban J connectivity index is 0.969. The zero-order chi connectivity index (χ0) is 43.2. The van der Waals surface area contributed by atoms with Gasteiger partial charge in [-0.2, -0.15) is 0 Å². The van der Waals surface area contributed by atoms with Crippen LogP contribution in [0.2, 0.25) is 0 Å². The number of fused-ring (bicyclic) bond motifs is 1. The summed E-state index contributed by atoms with van der Waals surface area (Å²) in [6, 6.07) is 38.8. The first kappa shape index (κ1) is 43.1. The summed E-state index contributed by atoms with van der Waals surface area (Å²) >= 11 is 1.63. The fourth-order valence-corrected chi connectivity index (χ4v) is 10.5. The first-order chi connectivity index (χ1) is 30.0. The summed E-state index contributed by atoms with van der Waals surface area (Å²) in [5.74, 6) is 0.709. The molecule has 62 heavy (non-hydrogen) atoms. The molecule has 0 aliphatic carbocycles. The number of anilines is 3. The number of nitro groups is 1. The van der Waals surface area contributed by atoms with Crippen LogP contribution in [0.4, 0.5) is 22.9 Å². The Morgan fingerprint density at radius 2 is 1.56 bits per heavy atom. The quantitative estimate of drug-likeness (QED) is 0.0514. The van der Waals surface area contributed by atoms with Crippen molar-refractivity contribution < 1.29 is 18.1 Å². The highest BCUT2D eigenvalue weighted by molar-refractivity contribution is 7.99. The van der Waals surface area contributed by atoms with Gasteiger partial charge in [0.25, 0.3) is 15.7 Å². The number of nitrogens with zero attached hydrogens (tertiary/aromatic N) is 5. The second-order valence-corrected chi connectivity index (χ2v) is 19.6. The molecule has 12 nitrogen and oxygen atoms in total. The van der Waals surface area contributed by atoms with Gasteiger partial charge in [-0.1, -0.05) is 72.8 Å². The molecule has 2 fully saturated rings. The van der Waals surface area contributed by atoms with Gasteiger partial charge in [0.2, 0.25) is 0 Å². The molecule has 3 heterocycles. The number of likely N-dealkylation sites (tertiary alicyclic amines) is 1. The number of aromatic nitrogens is 2. The molecule has 0 radical (unpaired) electrons. The van der Waals surface area contributed by atoms with Gasteiger partial charge in [-0.15, -0.1) is 11.8 Å². The van der Waals surface area contributed by atoms with Crippen LogP contribution in [-0.4, -0.2) is 84.4 Å². The molecule has 2 saturated heterocycles. The van der Waals surface area contributed by atoms with Crippen molar-refractivity contribution in [1.29, 1.82) is 0 Å². The maximum Gasteiger partial charge on any atom is 0.293 e. The second kappa shape index (κ2) is 18.8. The number of thioether (sulfide) groups is 1. The minimum absolute atomic E-state index is 0.0895. The minimum atomic E-state index is -4.28. The summed E-state index contributed by atoms with van der Waals surface area (Å²) in [5.41, 5.74) is 4.29. The van der Waals surface area contributed by atoms with E-state index < -0.39 is 20.5 Å². The van der Waals surface area contributed by atoms with E-state index in [9.17, 15) is 18.5 Å². The summed E-state index contributed by atoms with van der Waals surface area (Å²) in [6.45, 7) is 9.35. The molecular formula is C48H53N7O5S2. The maximum absolute atomic E-state index is 13.8. The smallest absolute Gasteiger partial charge is 0.293 e. The van der Waals surface area contributed by atoms with Crippen LogP contribution in [0.15, 0.2) is 137 Å². The molecule has 0 spiro atoms. The molecule has 0 saturated carbocycles. The van der Waals surface area contributed by atoms with Crippen LogP contribution in [0, 0.1) is 10.1 Å². The summed E-state index contributed by atoms with van der Waals surface area (Å²) in [6.07, 6.45) is 6.32. The Hall–Kier alpha value is -5.54. The van der Waals surface area contributed by atoms with Crippen LogP contribution >= 0.6 is 11.8 Å². The molecule has 0 amide bonds. The number of nitro benzene ring substituents is 1. The van der Waals surface area contributed by atoms with E-state index in [4.69, 9.17) is 4.74 Å². The number of nitrogens with one attached hydrogen (secondary N) is 2. The van der Waals surface area contributed by atoms with E-state index in [1.807, 2.05) is 68.4 Å². The zero-order valence-electron chi connectivity index (χ0n) is 35.2. The van der Waals surface area contributed by atoms with E-state index in [1.165, 1.54) is 48.0 Å². The topological polar surface area (TPSA) is 143 Å². The number of piperidine rings is 1. The van der Waals surface area contributed by atoms with Crippen molar-refractivity contribution in [3.63, 3.8) is 0 Å². The van der Waals surface area contributed by atoms with Gasteiger partial charge in [0.15, 0.2) is 5.82 Å². The summed E-state index contributed by atoms with van der Waals surface area (Å²) < 4.78 is 37.1. The van der Waals surface area contributed by atoms with Gasteiger partial charge in [-0.05, 0) is 112 Å². The predicted octanol–water partition coefficient (Wildman–Crippen LogP) is 9.68. The first-order valence-corrected chi connectivity index (χ1v) is 23.7. The lowest BCUT2D eigenvalue weighted by Crippen LogP contribution is -2.48. The Morgan fingerprint density at radius 1 is 0.855 bits per heavy atom. The van der Waals surface area contributed by atoms with Crippen molar-refractivity contribution in [2.24, 2.45) is 0 Å². The molecule has 2 N–H and O–H groups in total. The third-order valence-electron chi connectivity index (χ3n) is 11.8. The Morgan fingerprint density at radius 3 is 2.31 bits per heavy atom. The third-order valence-corrected chi connectivity index (χ3v) is 14.6. The van der Waals surface area contributed by atoms with Crippen LogP contribution in [0.5, 0.6) is 0 Å². The molecule has 2 aliphatic rings. The van der Waals surface area contributed by atoms with Gasteiger partial charge in [0.1, 0.15) is 12.0 Å². The first-order valence-electron chi connectivity index (χ1n) is 21.2. The lowest BCUT2D eigenvalue weighted by Gasteiger charge is -2.43. The van der Waals surface area contributed by atoms with Crippen LogP contribution in [0.3, 0.4) is 0 Å². The highest BCUT2D eigenvalue weighted by Crippen LogP contribution is 2.38. The van der Waals surface area contributed by atoms with Gasteiger partial charge >= 0.3 is 0 Å². The largest absolute Gasteiger partial charge is 0.374 e. The van der Waals surface area contributed by atoms with Gasteiger partial charge in [-0.3, -0.25) is 14.8 Å². The van der Waals surface area contributed by atoms with E-state index in [1.54, 1.807) is 11.8 Å².